The Morgan fingerprint density at radius 1 is 1.29 bits per heavy atom. The summed E-state index contributed by atoms with van der Waals surface area (Å²) in [6.45, 7) is 6.53. The van der Waals surface area contributed by atoms with Gasteiger partial charge in [-0.2, -0.15) is 0 Å². The van der Waals surface area contributed by atoms with E-state index in [9.17, 15) is 4.79 Å². The maximum Gasteiger partial charge on any atom is 0.410 e. The molecule has 116 valence electrons. The Balaban J connectivity index is 2.10. The minimum atomic E-state index is -0.511. The van der Waals surface area contributed by atoms with Gasteiger partial charge in [-0.3, -0.25) is 0 Å². The van der Waals surface area contributed by atoms with E-state index in [1.165, 1.54) is 0 Å². The highest BCUT2D eigenvalue weighted by molar-refractivity contribution is 6.42. The van der Waals surface area contributed by atoms with Crippen molar-refractivity contribution in [2.24, 2.45) is 5.73 Å². The molecule has 0 unspecified atom stereocenters. The van der Waals surface area contributed by atoms with Crippen LogP contribution >= 0.6 is 23.2 Å². The molecule has 1 aliphatic heterocycles. The Kier molecular flexibility index (Phi) is 4.71. The summed E-state index contributed by atoms with van der Waals surface area (Å²) in [5, 5.41) is 1.01. The molecular weight excluding hydrogens is 311 g/mol. The Morgan fingerprint density at radius 2 is 1.95 bits per heavy atom. The van der Waals surface area contributed by atoms with Gasteiger partial charge >= 0.3 is 6.09 Å². The SMILES string of the molecule is CC(C)(C)OC(=O)N1C[C@H](N)[C@H](c2ccc(Cl)c(Cl)c2)C1. The zero-order chi connectivity index (χ0) is 15.8. The average molecular weight is 331 g/mol. The molecule has 4 nitrogen and oxygen atoms in total. The Hall–Kier alpha value is -0.970. The van der Waals surface area contributed by atoms with Crippen molar-refractivity contribution < 1.29 is 9.53 Å². The number of hydrogen-bond acceptors (Lipinski definition) is 3. The number of carbonyl (C=O) groups excluding carboxylic acids is 1. The number of halogens is 2. The van der Waals surface area contributed by atoms with Gasteiger partial charge in [0, 0.05) is 25.0 Å². The summed E-state index contributed by atoms with van der Waals surface area (Å²) in [5.74, 6) is 0.0345. The zero-order valence-corrected chi connectivity index (χ0v) is 13.9. The molecule has 1 aromatic carbocycles. The van der Waals surface area contributed by atoms with Crippen LogP contribution < -0.4 is 5.73 Å². The molecule has 1 fully saturated rings. The van der Waals surface area contributed by atoms with E-state index in [1.807, 2.05) is 32.9 Å². The van der Waals surface area contributed by atoms with Crippen LogP contribution in [-0.4, -0.2) is 35.7 Å². The number of ether oxygens (including phenoxy) is 1. The fourth-order valence-electron chi connectivity index (χ4n) is 2.40. The molecule has 2 atom stereocenters. The summed E-state index contributed by atoms with van der Waals surface area (Å²) in [4.78, 5) is 13.7. The minimum Gasteiger partial charge on any atom is -0.444 e. The molecule has 2 rings (SSSR count). The van der Waals surface area contributed by atoms with Gasteiger partial charge in [0.1, 0.15) is 5.60 Å². The molecule has 21 heavy (non-hydrogen) atoms. The van der Waals surface area contributed by atoms with Crippen molar-refractivity contribution in [2.75, 3.05) is 13.1 Å². The number of carbonyl (C=O) groups is 1. The van der Waals surface area contributed by atoms with Crippen molar-refractivity contribution in [1.82, 2.24) is 4.90 Å². The van der Waals surface area contributed by atoms with Gasteiger partial charge in [0.15, 0.2) is 0 Å². The van der Waals surface area contributed by atoms with E-state index in [0.29, 0.717) is 23.1 Å². The van der Waals surface area contributed by atoms with Crippen molar-refractivity contribution in [3.05, 3.63) is 33.8 Å². The number of hydrogen-bond donors (Lipinski definition) is 1. The third kappa shape index (κ3) is 4.02. The molecule has 0 spiro atoms. The molecule has 1 amide bonds. The molecule has 6 heteroatoms. The van der Waals surface area contributed by atoms with Crippen LogP contribution in [0.25, 0.3) is 0 Å². The van der Waals surface area contributed by atoms with Crippen LogP contribution in [0.2, 0.25) is 10.0 Å². The molecule has 1 aromatic rings. The Bertz CT molecular complexity index is 543. The van der Waals surface area contributed by atoms with Gasteiger partial charge < -0.3 is 15.4 Å². The molecule has 1 saturated heterocycles. The van der Waals surface area contributed by atoms with E-state index in [4.69, 9.17) is 33.7 Å². The first kappa shape index (κ1) is 16.4. The zero-order valence-electron chi connectivity index (χ0n) is 12.4. The van der Waals surface area contributed by atoms with Gasteiger partial charge in [-0.15, -0.1) is 0 Å². The molecule has 0 bridgehead atoms. The monoisotopic (exact) mass is 330 g/mol. The minimum absolute atomic E-state index is 0.0345. The van der Waals surface area contributed by atoms with E-state index >= 15 is 0 Å². The molecule has 1 aliphatic rings. The van der Waals surface area contributed by atoms with E-state index in [1.54, 1.807) is 11.0 Å². The second-order valence-electron chi connectivity index (χ2n) is 6.33. The van der Waals surface area contributed by atoms with Crippen LogP contribution in [0.1, 0.15) is 32.3 Å². The van der Waals surface area contributed by atoms with Gasteiger partial charge in [0.05, 0.1) is 10.0 Å². The number of rotatable bonds is 1. The highest BCUT2D eigenvalue weighted by atomic mass is 35.5. The quantitative estimate of drug-likeness (QED) is 0.854. The first-order valence-electron chi connectivity index (χ1n) is 6.86. The summed E-state index contributed by atoms with van der Waals surface area (Å²) < 4.78 is 5.38. The number of nitrogens with two attached hydrogens (primary N) is 1. The lowest BCUT2D eigenvalue weighted by molar-refractivity contribution is 0.0290. The predicted octanol–water partition coefficient (Wildman–Crippen LogP) is 3.66. The maximum absolute atomic E-state index is 12.1. The molecule has 0 saturated carbocycles. The number of nitrogens with zero attached hydrogens (tertiary/aromatic N) is 1. The van der Waals surface area contributed by atoms with Crippen LogP contribution in [0.15, 0.2) is 18.2 Å². The van der Waals surface area contributed by atoms with Gasteiger partial charge in [0.25, 0.3) is 0 Å². The summed E-state index contributed by atoms with van der Waals surface area (Å²) >= 11 is 12.0. The van der Waals surface area contributed by atoms with Crippen molar-refractivity contribution in [3.63, 3.8) is 0 Å². The van der Waals surface area contributed by atoms with E-state index < -0.39 is 5.60 Å². The fraction of sp³-hybridized carbons (Fsp3) is 0.533. The molecule has 1 heterocycles. The molecule has 0 aliphatic carbocycles. The standard InChI is InChI=1S/C15H20Cl2N2O2/c1-15(2,3)21-14(20)19-7-10(13(18)8-19)9-4-5-11(16)12(17)6-9/h4-6,10,13H,7-8,18H2,1-3H3/t10-,13-/m0/s1. The van der Waals surface area contributed by atoms with Crippen LogP contribution in [0.3, 0.4) is 0 Å². The summed E-state index contributed by atoms with van der Waals surface area (Å²) in [5.41, 5.74) is 6.64. The predicted molar refractivity (Wildman–Crippen MR) is 85.0 cm³/mol. The smallest absolute Gasteiger partial charge is 0.410 e. The van der Waals surface area contributed by atoms with Crippen molar-refractivity contribution in [3.8, 4) is 0 Å². The Labute approximate surface area is 135 Å². The van der Waals surface area contributed by atoms with E-state index in [2.05, 4.69) is 0 Å². The van der Waals surface area contributed by atoms with Crippen LogP contribution in [0, 0.1) is 0 Å². The summed E-state index contributed by atoms with van der Waals surface area (Å²) in [6, 6.07) is 5.32. The third-order valence-electron chi connectivity index (χ3n) is 3.39. The number of likely N-dealkylation sites (tertiary alicyclic amines) is 1. The van der Waals surface area contributed by atoms with Gasteiger partial charge in [-0.25, -0.2) is 4.79 Å². The first-order valence-corrected chi connectivity index (χ1v) is 7.61. The first-order chi connectivity index (χ1) is 9.67. The van der Waals surface area contributed by atoms with Crippen LogP contribution in [0.5, 0.6) is 0 Å². The van der Waals surface area contributed by atoms with Gasteiger partial charge in [-0.05, 0) is 38.5 Å². The lowest BCUT2D eigenvalue weighted by atomic mass is 9.95. The highest BCUT2D eigenvalue weighted by Crippen LogP contribution is 2.31. The second-order valence-corrected chi connectivity index (χ2v) is 7.14. The lowest BCUT2D eigenvalue weighted by Crippen LogP contribution is -2.36. The molecule has 2 N–H and O–H groups in total. The fourth-order valence-corrected chi connectivity index (χ4v) is 2.71. The van der Waals surface area contributed by atoms with Gasteiger partial charge in [-0.1, -0.05) is 29.3 Å². The largest absolute Gasteiger partial charge is 0.444 e. The van der Waals surface area contributed by atoms with Crippen LogP contribution in [-0.2, 0) is 4.74 Å². The lowest BCUT2D eigenvalue weighted by Gasteiger charge is -2.24. The normalized spacial score (nSPS) is 22.5. The summed E-state index contributed by atoms with van der Waals surface area (Å²) in [7, 11) is 0. The van der Waals surface area contributed by atoms with E-state index in [-0.39, 0.29) is 18.1 Å². The van der Waals surface area contributed by atoms with Crippen molar-refractivity contribution in [2.45, 2.75) is 38.3 Å². The Morgan fingerprint density at radius 3 is 2.52 bits per heavy atom. The third-order valence-corrected chi connectivity index (χ3v) is 4.13. The van der Waals surface area contributed by atoms with Crippen molar-refractivity contribution in [1.29, 1.82) is 0 Å². The summed E-state index contributed by atoms with van der Waals surface area (Å²) in [6.07, 6.45) is -0.333. The molecule has 0 radical (unpaired) electrons. The topological polar surface area (TPSA) is 55.6 Å². The average Bonchev–Trinajstić information content (AvgIpc) is 2.73. The second kappa shape index (κ2) is 6.03. The maximum atomic E-state index is 12.1. The van der Waals surface area contributed by atoms with E-state index in [0.717, 1.165) is 5.56 Å². The van der Waals surface area contributed by atoms with Crippen molar-refractivity contribution >= 4 is 29.3 Å². The number of benzene rings is 1. The number of amides is 1. The van der Waals surface area contributed by atoms with Gasteiger partial charge in [0.2, 0.25) is 0 Å². The molecule has 0 aromatic heterocycles. The highest BCUT2D eigenvalue weighted by Gasteiger charge is 2.36. The van der Waals surface area contributed by atoms with Crippen LogP contribution in [0.4, 0.5) is 4.79 Å². The molecular formula is C15H20Cl2N2O2.